The van der Waals surface area contributed by atoms with E-state index in [1.54, 1.807) is 24.3 Å². The van der Waals surface area contributed by atoms with Crippen LogP contribution in [-0.2, 0) is 9.53 Å². The second-order valence-corrected chi connectivity index (χ2v) is 4.56. The standard InChI is InChI=1S/C16H17NO3/c1-11-6-8-13(9-7-11)17-15(16(19)20-2)12-4-3-5-14(18)10-12/h3-10,15,17-18H,1-2H3. The number of esters is 1. The summed E-state index contributed by atoms with van der Waals surface area (Å²) in [6, 6.07) is 13.6. The van der Waals surface area contributed by atoms with Gasteiger partial charge in [0.25, 0.3) is 0 Å². The number of benzene rings is 2. The van der Waals surface area contributed by atoms with E-state index >= 15 is 0 Å². The van der Waals surface area contributed by atoms with Crippen LogP contribution in [0.3, 0.4) is 0 Å². The first-order valence-electron chi connectivity index (χ1n) is 6.30. The number of rotatable bonds is 4. The van der Waals surface area contributed by atoms with Crippen molar-refractivity contribution in [2.75, 3.05) is 12.4 Å². The number of ether oxygens (including phenoxy) is 1. The van der Waals surface area contributed by atoms with Crippen LogP contribution in [0.5, 0.6) is 5.75 Å². The van der Waals surface area contributed by atoms with Crippen LogP contribution in [0.1, 0.15) is 17.2 Å². The molecule has 0 aliphatic heterocycles. The number of aromatic hydroxyl groups is 1. The highest BCUT2D eigenvalue weighted by molar-refractivity contribution is 5.81. The maximum atomic E-state index is 11.9. The maximum absolute atomic E-state index is 11.9. The second-order valence-electron chi connectivity index (χ2n) is 4.56. The number of carbonyl (C=O) groups is 1. The predicted octanol–water partition coefficient (Wildman–Crippen LogP) is 3.03. The zero-order valence-corrected chi connectivity index (χ0v) is 11.5. The molecule has 2 rings (SSSR count). The zero-order chi connectivity index (χ0) is 14.5. The van der Waals surface area contributed by atoms with Gasteiger partial charge in [-0.25, -0.2) is 4.79 Å². The quantitative estimate of drug-likeness (QED) is 0.839. The number of phenolic OH excluding ortho intramolecular Hbond substituents is 1. The van der Waals surface area contributed by atoms with Crippen molar-refractivity contribution in [2.24, 2.45) is 0 Å². The van der Waals surface area contributed by atoms with Crippen molar-refractivity contribution in [2.45, 2.75) is 13.0 Å². The van der Waals surface area contributed by atoms with Gasteiger partial charge in [-0.3, -0.25) is 0 Å². The van der Waals surface area contributed by atoms with Crippen LogP contribution in [0.15, 0.2) is 48.5 Å². The van der Waals surface area contributed by atoms with Crippen molar-refractivity contribution in [3.05, 3.63) is 59.7 Å². The lowest BCUT2D eigenvalue weighted by Crippen LogP contribution is -2.22. The van der Waals surface area contributed by atoms with Crippen LogP contribution in [0.4, 0.5) is 5.69 Å². The van der Waals surface area contributed by atoms with Crippen LogP contribution in [0.2, 0.25) is 0 Å². The third-order valence-electron chi connectivity index (χ3n) is 3.00. The Balaban J connectivity index is 2.28. The Morgan fingerprint density at radius 3 is 2.50 bits per heavy atom. The normalized spacial score (nSPS) is 11.7. The molecule has 0 heterocycles. The van der Waals surface area contributed by atoms with Crippen molar-refractivity contribution in [3.8, 4) is 5.75 Å². The van der Waals surface area contributed by atoms with Gasteiger partial charge >= 0.3 is 5.97 Å². The average molecular weight is 271 g/mol. The van der Waals surface area contributed by atoms with Gasteiger partial charge in [-0.15, -0.1) is 0 Å². The molecule has 0 saturated heterocycles. The Labute approximate surface area is 118 Å². The molecule has 1 atom stereocenters. The van der Waals surface area contributed by atoms with Crippen molar-refractivity contribution >= 4 is 11.7 Å². The molecule has 0 amide bonds. The minimum absolute atomic E-state index is 0.113. The Hall–Kier alpha value is -2.49. The van der Waals surface area contributed by atoms with Gasteiger partial charge < -0.3 is 15.2 Å². The van der Waals surface area contributed by atoms with Gasteiger partial charge in [0.2, 0.25) is 0 Å². The fourth-order valence-corrected chi connectivity index (χ4v) is 1.92. The van der Waals surface area contributed by atoms with Crippen molar-refractivity contribution in [1.29, 1.82) is 0 Å². The van der Waals surface area contributed by atoms with E-state index in [4.69, 9.17) is 4.74 Å². The lowest BCUT2D eigenvalue weighted by molar-refractivity contribution is -0.141. The molecule has 0 radical (unpaired) electrons. The van der Waals surface area contributed by atoms with Crippen molar-refractivity contribution < 1.29 is 14.6 Å². The molecule has 0 spiro atoms. The van der Waals surface area contributed by atoms with Gasteiger partial charge in [0.15, 0.2) is 6.04 Å². The molecule has 2 N–H and O–H groups in total. The van der Waals surface area contributed by atoms with Gasteiger partial charge in [-0.1, -0.05) is 29.8 Å². The van der Waals surface area contributed by atoms with E-state index in [0.717, 1.165) is 11.3 Å². The van der Waals surface area contributed by atoms with Gasteiger partial charge in [0.1, 0.15) is 5.75 Å². The van der Waals surface area contributed by atoms with E-state index in [1.165, 1.54) is 7.11 Å². The SMILES string of the molecule is COC(=O)C(Nc1ccc(C)cc1)c1cccc(O)c1. The molecular weight excluding hydrogens is 254 g/mol. The fourth-order valence-electron chi connectivity index (χ4n) is 1.92. The maximum Gasteiger partial charge on any atom is 0.332 e. The summed E-state index contributed by atoms with van der Waals surface area (Å²) in [6.45, 7) is 2.00. The molecule has 2 aromatic rings. The minimum Gasteiger partial charge on any atom is -0.508 e. The highest BCUT2D eigenvalue weighted by atomic mass is 16.5. The molecule has 0 aliphatic carbocycles. The number of methoxy groups -OCH3 is 1. The lowest BCUT2D eigenvalue weighted by Gasteiger charge is -2.18. The fraction of sp³-hybridized carbons (Fsp3) is 0.188. The molecule has 0 aliphatic rings. The molecule has 1 unspecified atom stereocenters. The highest BCUT2D eigenvalue weighted by Gasteiger charge is 2.21. The van der Waals surface area contributed by atoms with Gasteiger partial charge in [-0.2, -0.15) is 0 Å². The van der Waals surface area contributed by atoms with Crippen LogP contribution in [0.25, 0.3) is 0 Å². The zero-order valence-electron chi connectivity index (χ0n) is 11.5. The Morgan fingerprint density at radius 2 is 1.90 bits per heavy atom. The molecule has 2 aromatic carbocycles. The summed E-state index contributed by atoms with van der Waals surface area (Å²) in [6.07, 6.45) is 0. The van der Waals surface area contributed by atoms with E-state index in [0.29, 0.717) is 5.56 Å². The Bertz CT molecular complexity index is 593. The minimum atomic E-state index is -0.658. The average Bonchev–Trinajstić information content (AvgIpc) is 2.46. The molecule has 20 heavy (non-hydrogen) atoms. The number of phenols is 1. The number of anilines is 1. The Morgan fingerprint density at radius 1 is 1.20 bits per heavy atom. The molecule has 0 aromatic heterocycles. The van der Waals surface area contributed by atoms with Gasteiger partial charge in [-0.05, 0) is 36.8 Å². The summed E-state index contributed by atoms with van der Waals surface area (Å²) in [4.78, 5) is 11.9. The van der Waals surface area contributed by atoms with Crippen LogP contribution in [-0.4, -0.2) is 18.2 Å². The highest BCUT2D eigenvalue weighted by Crippen LogP contribution is 2.24. The number of nitrogens with one attached hydrogen (secondary N) is 1. The van der Waals surface area contributed by atoms with Gasteiger partial charge in [0, 0.05) is 5.69 Å². The molecule has 4 heteroatoms. The molecule has 0 bridgehead atoms. The largest absolute Gasteiger partial charge is 0.508 e. The monoisotopic (exact) mass is 271 g/mol. The first-order valence-corrected chi connectivity index (χ1v) is 6.30. The van der Waals surface area contributed by atoms with Crippen LogP contribution < -0.4 is 5.32 Å². The summed E-state index contributed by atoms with van der Waals surface area (Å²) in [5.74, 6) is -0.293. The van der Waals surface area contributed by atoms with E-state index in [-0.39, 0.29) is 5.75 Å². The first kappa shape index (κ1) is 13.9. The number of hydrogen-bond donors (Lipinski definition) is 2. The summed E-state index contributed by atoms with van der Waals surface area (Å²) < 4.78 is 4.82. The summed E-state index contributed by atoms with van der Waals surface area (Å²) in [7, 11) is 1.34. The van der Waals surface area contributed by atoms with Crippen molar-refractivity contribution in [3.63, 3.8) is 0 Å². The lowest BCUT2D eigenvalue weighted by atomic mass is 10.1. The van der Waals surface area contributed by atoms with E-state index < -0.39 is 12.0 Å². The van der Waals surface area contributed by atoms with E-state index in [2.05, 4.69) is 5.32 Å². The number of aryl methyl sites for hydroxylation is 1. The first-order chi connectivity index (χ1) is 9.60. The summed E-state index contributed by atoms with van der Waals surface area (Å²) >= 11 is 0. The third kappa shape index (κ3) is 3.29. The van der Waals surface area contributed by atoms with Crippen molar-refractivity contribution in [1.82, 2.24) is 0 Å². The predicted molar refractivity (Wildman–Crippen MR) is 77.7 cm³/mol. The Kier molecular flexibility index (Phi) is 4.25. The number of hydrogen-bond acceptors (Lipinski definition) is 4. The molecule has 104 valence electrons. The van der Waals surface area contributed by atoms with E-state index in [9.17, 15) is 9.90 Å². The molecule has 0 fully saturated rings. The van der Waals surface area contributed by atoms with Crippen LogP contribution in [0, 0.1) is 6.92 Å². The van der Waals surface area contributed by atoms with Gasteiger partial charge in [0.05, 0.1) is 7.11 Å². The molecule has 0 saturated carbocycles. The smallest absolute Gasteiger partial charge is 0.332 e. The second kappa shape index (κ2) is 6.10. The molecular formula is C16H17NO3. The van der Waals surface area contributed by atoms with E-state index in [1.807, 2.05) is 31.2 Å². The summed E-state index contributed by atoms with van der Waals surface area (Å²) in [5, 5.41) is 12.7. The van der Waals surface area contributed by atoms with Crippen LogP contribution >= 0.6 is 0 Å². The summed E-state index contributed by atoms with van der Waals surface area (Å²) in [5.41, 5.74) is 2.61. The number of carbonyl (C=O) groups excluding carboxylic acids is 1. The molecule has 4 nitrogen and oxygen atoms in total. The topological polar surface area (TPSA) is 58.6 Å². The third-order valence-corrected chi connectivity index (χ3v) is 3.00.